The van der Waals surface area contributed by atoms with Crippen LogP contribution in [-0.2, 0) is 4.74 Å². The Morgan fingerprint density at radius 3 is 2.81 bits per heavy atom. The second-order valence-electron chi connectivity index (χ2n) is 5.93. The lowest BCUT2D eigenvalue weighted by Crippen LogP contribution is -2.02. The van der Waals surface area contributed by atoms with Crippen LogP contribution in [0, 0.1) is 0 Å². The van der Waals surface area contributed by atoms with E-state index >= 15 is 0 Å². The van der Waals surface area contributed by atoms with Crippen LogP contribution >= 0.6 is 0 Å². The quantitative estimate of drug-likeness (QED) is 0.497. The largest absolute Gasteiger partial charge is 0.497 e. The second kappa shape index (κ2) is 7.05. The van der Waals surface area contributed by atoms with Gasteiger partial charge in [-0.2, -0.15) is 0 Å². The van der Waals surface area contributed by atoms with Crippen molar-refractivity contribution in [1.29, 1.82) is 0 Å². The maximum absolute atomic E-state index is 5.80. The molecule has 0 saturated carbocycles. The molecular weight excluding hydrogens is 332 g/mol. The van der Waals surface area contributed by atoms with E-state index in [1.54, 1.807) is 14.2 Å². The molecule has 0 aliphatic rings. The topological polar surface area (TPSA) is 85.0 Å². The van der Waals surface area contributed by atoms with Gasteiger partial charge in [-0.15, -0.1) is 0 Å². The maximum atomic E-state index is 5.80. The highest BCUT2D eigenvalue weighted by molar-refractivity contribution is 5.98. The Hall–Kier alpha value is -3.06. The molecule has 0 unspecified atom stereocenters. The molecule has 4 rings (SSSR count). The summed E-state index contributed by atoms with van der Waals surface area (Å²) in [6.45, 7) is 1.20. The van der Waals surface area contributed by atoms with Crippen LogP contribution in [0.2, 0.25) is 0 Å². The first-order chi connectivity index (χ1) is 12.8. The van der Waals surface area contributed by atoms with Gasteiger partial charge in [0, 0.05) is 42.8 Å². The molecule has 26 heavy (non-hydrogen) atoms. The summed E-state index contributed by atoms with van der Waals surface area (Å²) in [4.78, 5) is 15.2. The number of hydrogen-bond acceptors (Lipinski definition) is 5. The summed E-state index contributed by atoms with van der Waals surface area (Å²) in [6.07, 6.45) is 4.29. The molecule has 3 aromatic heterocycles. The van der Waals surface area contributed by atoms with Crippen LogP contribution in [-0.4, -0.2) is 47.4 Å². The van der Waals surface area contributed by atoms with E-state index in [0.29, 0.717) is 19.1 Å². The van der Waals surface area contributed by atoms with E-state index in [4.69, 9.17) is 14.2 Å². The number of H-pyrrole nitrogens is 2. The van der Waals surface area contributed by atoms with Crippen LogP contribution in [0.4, 0.5) is 0 Å². The van der Waals surface area contributed by atoms with Crippen molar-refractivity contribution in [3.63, 3.8) is 0 Å². The standard InChI is InChI=1S/C19H20N4O3/c1-24-6-3-7-26-19-14-9-17(23-18(14)21-11-22-19)15-10-20-16-5-4-12(25-2)8-13(15)16/h4-5,8-11,20H,3,6-7H2,1-2H3,(H,21,22,23). The molecule has 4 aromatic rings. The second-order valence-corrected chi connectivity index (χ2v) is 5.93. The number of fused-ring (bicyclic) bond motifs is 2. The van der Waals surface area contributed by atoms with Crippen LogP contribution in [0.3, 0.4) is 0 Å². The number of aromatic amines is 2. The average molecular weight is 352 g/mol. The van der Waals surface area contributed by atoms with Crippen molar-refractivity contribution in [3.05, 3.63) is 36.8 Å². The zero-order valence-electron chi connectivity index (χ0n) is 14.7. The minimum absolute atomic E-state index is 0.546. The molecule has 1 aromatic carbocycles. The molecule has 7 nitrogen and oxygen atoms in total. The highest BCUT2D eigenvalue weighted by Gasteiger charge is 2.13. The Bertz CT molecular complexity index is 1040. The van der Waals surface area contributed by atoms with Crippen LogP contribution < -0.4 is 9.47 Å². The van der Waals surface area contributed by atoms with Crippen molar-refractivity contribution in [2.24, 2.45) is 0 Å². The smallest absolute Gasteiger partial charge is 0.226 e. The highest BCUT2D eigenvalue weighted by atomic mass is 16.5. The Kier molecular flexibility index (Phi) is 4.45. The van der Waals surface area contributed by atoms with Gasteiger partial charge >= 0.3 is 0 Å². The van der Waals surface area contributed by atoms with Gasteiger partial charge in [0.15, 0.2) is 0 Å². The van der Waals surface area contributed by atoms with Crippen molar-refractivity contribution in [2.45, 2.75) is 6.42 Å². The Morgan fingerprint density at radius 2 is 1.96 bits per heavy atom. The Labute approximate surface area is 150 Å². The summed E-state index contributed by atoms with van der Waals surface area (Å²) in [5.74, 6) is 1.39. The van der Waals surface area contributed by atoms with Crippen LogP contribution in [0.15, 0.2) is 36.8 Å². The molecule has 0 spiro atoms. The van der Waals surface area contributed by atoms with Gasteiger partial charge in [-0.1, -0.05) is 0 Å². The Morgan fingerprint density at radius 1 is 1.04 bits per heavy atom. The van der Waals surface area contributed by atoms with E-state index in [1.807, 2.05) is 30.5 Å². The van der Waals surface area contributed by atoms with Crippen molar-refractivity contribution in [3.8, 4) is 22.9 Å². The van der Waals surface area contributed by atoms with Gasteiger partial charge in [-0.05, 0) is 24.3 Å². The molecule has 0 aliphatic heterocycles. The van der Waals surface area contributed by atoms with Gasteiger partial charge in [0.25, 0.3) is 0 Å². The number of nitrogens with zero attached hydrogens (tertiary/aromatic N) is 2. The molecule has 0 fully saturated rings. The third kappa shape index (κ3) is 2.97. The lowest BCUT2D eigenvalue weighted by Gasteiger charge is -2.04. The zero-order chi connectivity index (χ0) is 17.9. The lowest BCUT2D eigenvalue weighted by atomic mass is 10.1. The van der Waals surface area contributed by atoms with Crippen LogP contribution in [0.1, 0.15) is 6.42 Å². The number of rotatable bonds is 7. The molecule has 0 atom stereocenters. The molecule has 0 aliphatic carbocycles. The first kappa shape index (κ1) is 16.4. The third-order valence-corrected chi connectivity index (χ3v) is 4.30. The van der Waals surface area contributed by atoms with Gasteiger partial charge in [0.05, 0.1) is 24.8 Å². The zero-order valence-corrected chi connectivity index (χ0v) is 14.7. The van der Waals surface area contributed by atoms with E-state index in [-0.39, 0.29) is 0 Å². The van der Waals surface area contributed by atoms with E-state index in [0.717, 1.165) is 45.4 Å². The van der Waals surface area contributed by atoms with Crippen molar-refractivity contribution < 1.29 is 14.2 Å². The first-order valence-electron chi connectivity index (χ1n) is 8.41. The molecule has 2 N–H and O–H groups in total. The predicted octanol–water partition coefficient (Wildman–Crippen LogP) is 3.53. The van der Waals surface area contributed by atoms with Gasteiger partial charge in [-0.3, -0.25) is 0 Å². The molecule has 7 heteroatoms. The molecule has 134 valence electrons. The minimum atomic E-state index is 0.546. The summed E-state index contributed by atoms with van der Waals surface area (Å²) in [6, 6.07) is 7.97. The fourth-order valence-corrected chi connectivity index (χ4v) is 3.00. The monoisotopic (exact) mass is 352 g/mol. The van der Waals surface area contributed by atoms with E-state index < -0.39 is 0 Å². The number of methoxy groups -OCH3 is 2. The number of aromatic nitrogens is 4. The number of ether oxygens (including phenoxy) is 3. The van der Waals surface area contributed by atoms with Crippen LogP contribution in [0.25, 0.3) is 33.2 Å². The summed E-state index contributed by atoms with van der Waals surface area (Å²) in [5, 5.41) is 1.93. The van der Waals surface area contributed by atoms with Crippen molar-refractivity contribution >= 4 is 21.9 Å². The lowest BCUT2D eigenvalue weighted by molar-refractivity contribution is 0.171. The van der Waals surface area contributed by atoms with E-state index in [1.165, 1.54) is 6.33 Å². The Balaban J connectivity index is 1.71. The predicted molar refractivity (Wildman–Crippen MR) is 99.7 cm³/mol. The SMILES string of the molecule is COCCCOc1ncnc2[nH]c(-c3c[nH]c4ccc(OC)cc34)cc12. The fourth-order valence-electron chi connectivity index (χ4n) is 3.00. The molecule has 3 heterocycles. The van der Waals surface area contributed by atoms with Gasteiger partial charge in [0.2, 0.25) is 5.88 Å². The molecule has 0 amide bonds. The van der Waals surface area contributed by atoms with E-state index in [2.05, 4.69) is 19.9 Å². The normalized spacial score (nSPS) is 11.3. The third-order valence-electron chi connectivity index (χ3n) is 4.30. The molecular formula is C19H20N4O3. The highest BCUT2D eigenvalue weighted by Crippen LogP contribution is 2.33. The summed E-state index contributed by atoms with van der Waals surface area (Å²) < 4.78 is 16.2. The van der Waals surface area contributed by atoms with Gasteiger partial charge in [-0.25, -0.2) is 9.97 Å². The molecule has 0 saturated heterocycles. The summed E-state index contributed by atoms with van der Waals surface area (Å²) >= 11 is 0. The van der Waals surface area contributed by atoms with E-state index in [9.17, 15) is 0 Å². The summed E-state index contributed by atoms with van der Waals surface area (Å²) in [5.41, 5.74) is 3.78. The van der Waals surface area contributed by atoms with Gasteiger partial charge < -0.3 is 24.2 Å². The first-order valence-corrected chi connectivity index (χ1v) is 8.41. The number of benzene rings is 1. The van der Waals surface area contributed by atoms with Gasteiger partial charge in [0.1, 0.15) is 17.7 Å². The number of hydrogen-bond donors (Lipinski definition) is 2. The number of nitrogens with one attached hydrogen (secondary N) is 2. The maximum Gasteiger partial charge on any atom is 0.226 e. The van der Waals surface area contributed by atoms with Crippen molar-refractivity contribution in [1.82, 2.24) is 19.9 Å². The summed E-state index contributed by atoms with van der Waals surface area (Å²) in [7, 11) is 3.34. The van der Waals surface area contributed by atoms with Crippen molar-refractivity contribution in [2.75, 3.05) is 27.4 Å². The average Bonchev–Trinajstić information content (AvgIpc) is 3.28. The molecule has 0 bridgehead atoms. The molecule has 0 radical (unpaired) electrons. The van der Waals surface area contributed by atoms with Crippen LogP contribution in [0.5, 0.6) is 11.6 Å². The fraction of sp³-hybridized carbons (Fsp3) is 0.263. The minimum Gasteiger partial charge on any atom is -0.497 e.